The normalized spacial score (nSPS) is 12.1. The molecule has 318 valence electrons. The number of imidazole rings is 1. The number of aliphatic hydroxyl groups excluding tert-OH is 1. The number of nitrogens with two attached hydrogens (primary N) is 1. The number of carbonyl (C=O) groups excluding carboxylic acids is 4. The number of primary amides is 1. The van der Waals surface area contributed by atoms with Gasteiger partial charge in [-0.1, -0.05) is 19.0 Å². The van der Waals surface area contributed by atoms with Crippen LogP contribution in [0.15, 0.2) is 41.8 Å². The van der Waals surface area contributed by atoms with Gasteiger partial charge >= 0.3 is 6.03 Å². The van der Waals surface area contributed by atoms with Crippen LogP contribution in [-0.4, -0.2) is 143 Å². The molecule has 0 fully saturated rings. The van der Waals surface area contributed by atoms with Gasteiger partial charge in [-0.05, 0) is 48.6 Å². The number of nitrogens with zero attached hydrogens (tertiary/aromatic N) is 5. The molecule has 7 N–H and O–H groups in total. The number of nitrogens with one attached hydrogen (secondary N) is 4. The van der Waals surface area contributed by atoms with Gasteiger partial charge < -0.3 is 65.1 Å². The van der Waals surface area contributed by atoms with Crippen LogP contribution in [0.1, 0.15) is 38.9 Å². The van der Waals surface area contributed by atoms with Crippen LogP contribution in [-0.2, 0) is 49.4 Å². The largest absolute Gasteiger partial charge is 0.388 e. The molecule has 1 heterocycles. The number of carbonyl (C=O) groups is 4. The van der Waals surface area contributed by atoms with E-state index in [9.17, 15) is 24.3 Å². The van der Waals surface area contributed by atoms with Gasteiger partial charge in [0.2, 0.25) is 17.7 Å². The van der Waals surface area contributed by atoms with Crippen LogP contribution in [0.2, 0.25) is 0 Å². The van der Waals surface area contributed by atoms with E-state index in [1.54, 1.807) is 55.1 Å². The Labute approximate surface area is 332 Å². The van der Waals surface area contributed by atoms with Crippen LogP contribution in [0.3, 0.4) is 0 Å². The van der Waals surface area contributed by atoms with E-state index in [4.69, 9.17) is 39.7 Å². The van der Waals surface area contributed by atoms with E-state index in [0.717, 1.165) is 5.69 Å². The van der Waals surface area contributed by atoms with Crippen molar-refractivity contribution in [3.8, 4) is 5.69 Å². The minimum Gasteiger partial charge on any atom is -0.388 e. The topological polar surface area (TPSA) is 285 Å². The first-order chi connectivity index (χ1) is 27.7. The molecule has 2 atom stereocenters. The molecule has 21 heteroatoms. The molecule has 0 radical (unpaired) electrons. The lowest BCUT2D eigenvalue weighted by molar-refractivity contribution is -0.132. The van der Waals surface area contributed by atoms with E-state index in [2.05, 4.69) is 36.3 Å². The minimum atomic E-state index is -0.993. The zero-order valence-corrected chi connectivity index (χ0v) is 32.8. The monoisotopic (exact) mass is 806 g/mol. The molecule has 21 nitrogen and oxygen atoms in total. The van der Waals surface area contributed by atoms with Gasteiger partial charge in [0.25, 0.3) is 0 Å². The molecular weight excluding hydrogens is 748 g/mol. The summed E-state index contributed by atoms with van der Waals surface area (Å²) in [6, 6.07) is 4.23. The minimum absolute atomic E-state index is 0.00880. The lowest BCUT2D eigenvalue weighted by Crippen LogP contribution is -2.54. The Kier molecular flexibility index (Phi) is 25.7. The molecule has 0 unspecified atom stereocenters. The van der Waals surface area contributed by atoms with Crippen molar-refractivity contribution in [3.63, 3.8) is 0 Å². The fourth-order valence-corrected chi connectivity index (χ4v) is 4.97. The van der Waals surface area contributed by atoms with E-state index >= 15 is 0 Å². The second kappa shape index (κ2) is 30.3. The number of urea groups is 1. The first-order valence-electron chi connectivity index (χ1n) is 18.8. The quantitative estimate of drug-likeness (QED) is 0.0257. The van der Waals surface area contributed by atoms with Crippen molar-refractivity contribution >= 4 is 29.4 Å². The van der Waals surface area contributed by atoms with Crippen molar-refractivity contribution in [2.24, 2.45) is 16.8 Å². The molecule has 0 bridgehead atoms. The molecule has 0 spiro atoms. The Morgan fingerprint density at radius 1 is 0.842 bits per heavy atom. The molecule has 0 saturated heterocycles. The van der Waals surface area contributed by atoms with E-state index in [0.29, 0.717) is 90.5 Å². The first-order valence-corrected chi connectivity index (χ1v) is 18.8. The third-order valence-electron chi connectivity index (χ3n) is 7.87. The summed E-state index contributed by atoms with van der Waals surface area (Å²) in [5, 5.41) is 23.7. The number of azide groups is 1. The fourth-order valence-electron chi connectivity index (χ4n) is 4.97. The summed E-state index contributed by atoms with van der Waals surface area (Å²) < 4.78 is 34.2. The zero-order chi connectivity index (χ0) is 41.5. The van der Waals surface area contributed by atoms with Gasteiger partial charge in [-0.15, -0.1) is 0 Å². The highest BCUT2D eigenvalue weighted by atomic mass is 16.6. The number of hydrogen-bond donors (Lipinski definition) is 6. The van der Waals surface area contributed by atoms with Crippen LogP contribution < -0.4 is 27.0 Å². The van der Waals surface area contributed by atoms with E-state index in [1.807, 2.05) is 0 Å². The van der Waals surface area contributed by atoms with Crippen LogP contribution in [0.25, 0.3) is 16.1 Å². The lowest BCUT2D eigenvalue weighted by atomic mass is 10.0. The number of aromatic nitrogens is 2. The highest BCUT2D eigenvalue weighted by Crippen LogP contribution is 2.16. The number of rotatable bonds is 33. The molecule has 57 heavy (non-hydrogen) atoms. The summed E-state index contributed by atoms with van der Waals surface area (Å²) in [5.74, 6) is -1.26. The highest BCUT2D eigenvalue weighted by molar-refractivity contribution is 5.98. The Morgan fingerprint density at radius 3 is 1.93 bits per heavy atom. The molecule has 2 rings (SSSR count). The second-order valence-corrected chi connectivity index (χ2v) is 12.6. The Morgan fingerprint density at radius 2 is 1.40 bits per heavy atom. The van der Waals surface area contributed by atoms with Crippen LogP contribution in [0.4, 0.5) is 10.5 Å². The molecule has 1 aromatic heterocycles. The van der Waals surface area contributed by atoms with Crippen molar-refractivity contribution in [1.82, 2.24) is 25.5 Å². The van der Waals surface area contributed by atoms with Gasteiger partial charge in [0.05, 0.1) is 79.3 Å². The number of ether oxygens (including phenoxy) is 6. The van der Waals surface area contributed by atoms with Crippen molar-refractivity contribution in [2.75, 3.05) is 97.7 Å². The van der Waals surface area contributed by atoms with Gasteiger partial charge in [-0.3, -0.25) is 14.4 Å². The van der Waals surface area contributed by atoms with E-state index in [-0.39, 0.29) is 45.1 Å². The van der Waals surface area contributed by atoms with Gasteiger partial charge in [0.15, 0.2) is 0 Å². The molecule has 0 saturated carbocycles. The molecule has 0 aliphatic heterocycles. The summed E-state index contributed by atoms with van der Waals surface area (Å²) >= 11 is 0. The third kappa shape index (κ3) is 21.9. The molecule has 0 aliphatic rings. The SMILES string of the molecule is CC(C)[C@H](NC(=O)CCOCCOCCOCCOCCOCCOCCN=[N+]=[N-])C(=O)N[C@@H](CCCNC(N)=O)C(=O)Nc1ccc(-n2ccnc2CO)cc1. The smallest absolute Gasteiger partial charge is 0.312 e. The Balaban J connectivity index is 1.66. The summed E-state index contributed by atoms with van der Waals surface area (Å²) in [6.45, 7) is 8.12. The van der Waals surface area contributed by atoms with Crippen LogP contribution in [0.5, 0.6) is 0 Å². The molecule has 0 aliphatic carbocycles. The summed E-state index contributed by atoms with van der Waals surface area (Å²) in [7, 11) is 0. The maximum Gasteiger partial charge on any atom is 0.312 e. The summed E-state index contributed by atoms with van der Waals surface area (Å²) in [6.07, 6.45) is 3.80. The maximum absolute atomic E-state index is 13.4. The van der Waals surface area contributed by atoms with E-state index < -0.39 is 35.8 Å². The fraction of sp³-hybridized carbons (Fsp3) is 0.639. The predicted molar refractivity (Wildman–Crippen MR) is 207 cm³/mol. The number of hydrogen-bond acceptors (Lipinski definition) is 13. The Hall–Kier alpha value is -4.86. The second-order valence-electron chi connectivity index (χ2n) is 12.6. The van der Waals surface area contributed by atoms with Gasteiger partial charge in [-0.2, -0.15) is 0 Å². The zero-order valence-electron chi connectivity index (χ0n) is 32.8. The van der Waals surface area contributed by atoms with Gasteiger partial charge in [0.1, 0.15) is 24.5 Å². The number of aliphatic hydroxyl groups is 1. The maximum atomic E-state index is 13.4. The molecular formula is C36H58N10O11. The van der Waals surface area contributed by atoms with Gasteiger partial charge in [-0.25, -0.2) is 9.78 Å². The van der Waals surface area contributed by atoms with Crippen molar-refractivity contribution < 1.29 is 52.7 Å². The van der Waals surface area contributed by atoms with Crippen molar-refractivity contribution in [2.45, 2.75) is 51.8 Å². The molecule has 2 aromatic rings. The van der Waals surface area contributed by atoms with Gasteiger partial charge in [0, 0.05) is 48.2 Å². The number of anilines is 1. The Bertz CT molecular complexity index is 1490. The summed E-state index contributed by atoms with van der Waals surface area (Å²) in [4.78, 5) is 57.4. The first kappa shape index (κ1) is 48.3. The van der Waals surface area contributed by atoms with Crippen LogP contribution >= 0.6 is 0 Å². The average Bonchev–Trinajstić information content (AvgIpc) is 3.68. The molecule has 5 amide bonds. The average molecular weight is 807 g/mol. The number of amides is 5. The third-order valence-corrected chi connectivity index (χ3v) is 7.87. The van der Waals surface area contributed by atoms with E-state index in [1.165, 1.54) is 0 Å². The summed E-state index contributed by atoms with van der Waals surface area (Å²) in [5.41, 5.74) is 14.5. The van der Waals surface area contributed by atoms with Crippen molar-refractivity contribution in [3.05, 3.63) is 52.9 Å². The van der Waals surface area contributed by atoms with Crippen LogP contribution in [0, 0.1) is 5.92 Å². The lowest BCUT2D eigenvalue weighted by Gasteiger charge is -2.25. The number of benzene rings is 1. The molecule has 1 aromatic carbocycles. The van der Waals surface area contributed by atoms with Crippen molar-refractivity contribution in [1.29, 1.82) is 0 Å². The predicted octanol–water partition coefficient (Wildman–Crippen LogP) is 1.18. The standard InChI is InChI=1S/C36H58N10O11/c1-27(2)33(44-32(48)9-14-52-16-18-54-20-22-56-24-25-57-23-21-55-19-17-53-15-12-41-45-38)35(50)43-30(4-3-10-40-36(37)51)34(49)42-28-5-7-29(8-6-28)46-13-11-39-31(46)26-47/h5-8,11,13,27,30,33,47H,3-4,9-10,12,14-26H2,1-2H3,(H,42,49)(H,43,50)(H,44,48)(H3,37,40,51)/t30-,33-/m0/s1. The highest BCUT2D eigenvalue weighted by Gasteiger charge is 2.29.